The van der Waals surface area contributed by atoms with Crippen molar-refractivity contribution in [2.24, 2.45) is 16.6 Å². The summed E-state index contributed by atoms with van der Waals surface area (Å²) >= 11 is 0. The molecular weight excluding hydrogens is 210 g/mol. The van der Waals surface area contributed by atoms with Gasteiger partial charge in [-0.2, -0.15) is 0 Å². The Bertz CT molecular complexity index is 383. The van der Waals surface area contributed by atoms with E-state index in [2.05, 4.69) is 50.9 Å². The van der Waals surface area contributed by atoms with Crippen molar-refractivity contribution in [2.75, 3.05) is 18.0 Å². The first-order valence-corrected chi connectivity index (χ1v) is 6.18. The highest BCUT2D eigenvalue weighted by atomic mass is 15.2. The molecule has 1 rings (SSSR count). The maximum atomic E-state index is 6.03. The van der Waals surface area contributed by atoms with E-state index >= 15 is 0 Å². The van der Waals surface area contributed by atoms with Gasteiger partial charge in [0.05, 0.1) is 0 Å². The summed E-state index contributed by atoms with van der Waals surface area (Å²) in [6, 6.07) is 8.32. The largest absolute Gasteiger partial charge is 0.370 e. The Labute approximate surface area is 104 Å². The van der Waals surface area contributed by atoms with Crippen LogP contribution in [-0.4, -0.2) is 19.0 Å². The number of rotatable bonds is 4. The van der Waals surface area contributed by atoms with Crippen molar-refractivity contribution in [1.82, 2.24) is 0 Å². The predicted molar refractivity (Wildman–Crippen MR) is 75.5 cm³/mol. The van der Waals surface area contributed by atoms with E-state index in [-0.39, 0.29) is 0 Å². The van der Waals surface area contributed by atoms with E-state index in [0.717, 1.165) is 18.8 Å². The molecule has 0 bridgehead atoms. The van der Waals surface area contributed by atoms with Crippen LogP contribution in [0.4, 0.5) is 5.69 Å². The van der Waals surface area contributed by atoms with E-state index in [9.17, 15) is 0 Å². The molecule has 0 heterocycles. The highest BCUT2D eigenvalue weighted by molar-refractivity contribution is 5.94. The van der Waals surface area contributed by atoms with Gasteiger partial charge in [0.15, 0.2) is 5.96 Å². The number of anilines is 1. The fraction of sp³-hybridized carbons (Fsp3) is 0.500. The molecule has 0 atom stereocenters. The average molecular weight is 233 g/mol. The van der Waals surface area contributed by atoms with Crippen LogP contribution in [0.25, 0.3) is 0 Å². The lowest BCUT2D eigenvalue weighted by Crippen LogP contribution is -2.37. The maximum Gasteiger partial charge on any atom is 0.195 e. The molecule has 0 unspecified atom stereocenters. The molecule has 0 amide bonds. The number of hydrogen-bond acceptors (Lipinski definition) is 1. The van der Waals surface area contributed by atoms with E-state index < -0.39 is 0 Å². The normalized spacial score (nSPS) is 11.9. The Hall–Kier alpha value is -1.51. The molecule has 0 aliphatic heterocycles. The lowest BCUT2D eigenvalue weighted by Gasteiger charge is -2.22. The molecule has 17 heavy (non-hydrogen) atoms. The summed E-state index contributed by atoms with van der Waals surface area (Å²) in [7, 11) is 0. The first-order valence-electron chi connectivity index (χ1n) is 6.18. The summed E-state index contributed by atoms with van der Waals surface area (Å²) in [6.45, 7) is 10.0. The zero-order chi connectivity index (χ0) is 12.8. The molecular formula is C14H23N3. The number of nitrogens with zero attached hydrogens (tertiary/aromatic N) is 2. The second-order valence-corrected chi connectivity index (χ2v) is 4.68. The first-order chi connectivity index (χ1) is 8.04. The van der Waals surface area contributed by atoms with Crippen molar-refractivity contribution in [2.45, 2.75) is 27.7 Å². The van der Waals surface area contributed by atoms with Crippen molar-refractivity contribution in [1.29, 1.82) is 0 Å². The zero-order valence-electron chi connectivity index (χ0n) is 11.3. The maximum absolute atomic E-state index is 6.03. The molecule has 0 radical (unpaired) electrons. The fourth-order valence-electron chi connectivity index (χ4n) is 1.63. The molecule has 2 N–H and O–H groups in total. The van der Waals surface area contributed by atoms with Gasteiger partial charge in [-0.15, -0.1) is 0 Å². The molecule has 3 nitrogen and oxygen atoms in total. The number of nitrogens with two attached hydrogens (primary N) is 1. The SMILES string of the molecule is CCN(C(N)=NCC(C)C)c1cccc(C)c1. The number of aliphatic imine (C=N–C) groups is 1. The minimum atomic E-state index is 0.532. The average Bonchev–Trinajstić information content (AvgIpc) is 2.27. The molecule has 0 saturated heterocycles. The highest BCUT2D eigenvalue weighted by Crippen LogP contribution is 2.15. The van der Waals surface area contributed by atoms with E-state index in [0.29, 0.717) is 11.9 Å². The third-order valence-electron chi connectivity index (χ3n) is 2.52. The first kappa shape index (κ1) is 13.6. The van der Waals surface area contributed by atoms with Crippen LogP contribution < -0.4 is 10.6 Å². The summed E-state index contributed by atoms with van der Waals surface area (Å²) in [5.41, 5.74) is 8.38. The van der Waals surface area contributed by atoms with Gasteiger partial charge in [0, 0.05) is 18.8 Å². The quantitative estimate of drug-likeness (QED) is 0.642. The van der Waals surface area contributed by atoms with Crippen molar-refractivity contribution < 1.29 is 0 Å². The van der Waals surface area contributed by atoms with Gasteiger partial charge >= 0.3 is 0 Å². The fourth-order valence-corrected chi connectivity index (χ4v) is 1.63. The monoisotopic (exact) mass is 233 g/mol. The second kappa shape index (κ2) is 6.28. The molecule has 94 valence electrons. The Morgan fingerprint density at radius 1 is 1.41 bits per heavy atom. The number of guanidine groups is 1. The Morgan fingerprint density at radius 3 is 2.65 bits per heavy atom. The van der Waals surface area contributed by atoms with Crippen LogP contribution in [0.3, 0.4) is 0 Å². The summed E-state index contributed by atoms with van der Waals surface area (Å²) in [5.74, 6) is 1.14. The van der Waals surface area contributed by atoms with E-state index in [1.165, 1.54) is 5.56 Å². The van der Waals surface area contributed by atoms with Crippen molar-refractivity contribution >= 4 is 11.6 Å². The number of hydrogen-bond donors (Lipinski definition) is 1. The summed E-state index contributed by atoms with van der Waals surface area (Å²) in [6.07, 6.45) is 0. The lowest BCUT2D eigenvalue weighted by atomic mass is 10.2. The van der Waals surface area contributed by atoms with Crippen LogP contribution in [0.5, 0.6) is 0 Å². The van der Waals surface area contributed by atoms with Gasteiger partial charge < -0.3 is 10.6 Å². The molecule has 3 heteroatoms. The summed E-state index contributed by atoms with van der Waals surface area (Å²) in [5, 5.41) is 0. The zero-order valence-corrected chi connectivity index (χ0v) is 11.3. The predicted octanol–water partition coefficient (Wildman–Crippen LogP) is 2.79. The lowest BCUT2D eigenvalue weighted by molar-refractivity contribution is 0.663. The molecule has 0 spiro atoms. The topological polar surface area (TPSA) is 41.6 Å². The van der Waals surface area contributed by atoms with Crippen LogP contribution in [-0.2, 0) is 0 Å². The van der Waals surface area contributed by atoms with Gasteiger partial charge in [0.1, 0.15) is 0 Å². The van der Waals surface area contributed by atoms with Crippen LogP contribution in [0.1, 0.15) is 26.3 Å². The third-order valence-corrected chi connectivity index (χ3v) is 2.52. The van der Waals surface area contributed by atoms with E-state index in [1.807, 2.05) is 11.0 Å². The highest BCUT2D eigenvalue weighted by Gasteiger charge is 2.08. The van der Waals surface area contributed by atoms with Gasteiger partial charge in [0.2, 0.25) is 0 Å². The van der Waals surface area contributed by atoms with Crippen molar-refractivity contribution in [3.8, 4) is 0 Å². The molecule has 0 aliphatic carbocycles. The van der Waals surface area contributed by atoms with Gasteiger partial charge in [0.25, 0.3) is 0 Å². The van der Waals surface area contributed by atoms with Crippen LogP contribution in [0.15, 0.2) is 29.3 Å². The minimum Gasteiger partial charge on any atom is -0.370 e. The Morgan fingerprint density at radius 2 is 2.12 bits per heavy atom. The van der Waals surface area contributed by atoms with Gasteiger partial charge in [-0.3, -0.25) is 4.99 Å². The molecule has 1 aromatic rings. The van der Waals surface area contributed by atoms with Crippen molar-refractivity contribution in [3.63, 3.8) is 0 Å². The Kier molecular flexibility index (Phi) is 5.01. The number of aryl methyl sites for hydroxylation is 1. The minimum absolute atomic E-state index is 0.532. The van der Waals surface area contributed by atoms with Crippen LogP contribution in [0, 0.1) is 12.8 Å². The number of benzene rings is 1. The molecule has 0 aromatic heterocycles. The summed E-state index contributed by atoms with van der Waals surface area (Å²) in [4.78, 5) is 6.46. The van der Waals surface area contributed by atoms with Crippen molar-refractivity contribution in [3.05, 3.63) is 29.8 Å². The van der Waals surface area contributed by atoms with Gasteiger partial charge in [-0.1, -0.05) is 26.0 Å². The standard InChI is InChI=1S/C14H23N3/c1-5-17(14(15)16-10-11(2)3)13-8-6-7-12(4)9-13/h6-9,11H,5,10H2,1-4H3,(H2,15,16). The Balaban J connectivity index is 2.87. The summed E-state index contributed by atoms with van der Waals surface area (Å²) < 4.78 is 0. The molecule has 0 saturated carbocycles. The second-order valence-electron chi connectivity index (χ2n) is 4.68. The molecule has 0 aliphatic rings. The smallest absolute Gasteiger partial charge is 0.195 e. The van der Waals surface area contributed by atoms with Gasteiger partial charge in [-0.25, -0.2) is 0 Å². The third kappa shape index (κ3) is 4.10. The van der Waals surface area contributed by atoms with Crippen LogP contribution in [0.2, 0.25) is 0 Å². The van der Waals surface area contributed by atoms with Gasteiger partial charge in [-0.05, 0) is 37.5 Å². The molecule has 0 fully saturated rings. The molecule has 1 aromatic carbocycles. The van der Waals surface area contributed by atoms with E-state index in [1.54, 1.807) is 0 Å². The van der Waals surface area contributed by atoms with Crippen LogP contribution >= 0.6 is 0 Å². The van der Waals surface area contributed by atoms with E-state index in [4.69, 9.17) is 5.73 Å².